The standard InChI is InChI=1S/C10H11ClO2Se/c1-13-10(12)6-7-14-9-4-2-8(11)3-5-9/h2-5H,6-7H2,1H3. The van der Waals surface area contributed by atoms with Crippen LogP contribution in [-0.4, -0.2) is 28.0 Å². The topological polar surface area (TPSA) is 26.3 Å². The van der Waals surface area contributed by atoms with Gasteiger partial charge in [0.05, 0.1) is 0 Å². The van der Waals surface area contributed by atoms with Gasteiger partial charge in [-0.05, 0) is 0 Å². The van der Waals surface area contributed by atoms with Crippen LogP contribution in [-0.2, 0) is 9.53 Å². The van der Waals surface area contributed by atoms with Gasteiger partial charge in [-0.1, -0.05) is 0 Å². The van der Waals surface area contributed by atoms with Crippen molar-refractivity contribution in [2.24, 2.45) is 0 Å². The van der Waals surface area contributed by atoms with Crippen molar-refractivity contribution in [3.05, 3.63) is 29.3 Å². The fourth-order valence-corrected chi connectivity index (χ4v) is 2.76. The van der Waals surface area contributed by atoms with Gasteiger partial charge >= 0.3 is 94.7 Å². The van der Waals surface area contributed by atoms with Gasteiger partial charge in [-0.2, -0.15) is 0 Å². The maximum absolute atomic E-state index is 10.8. The summed E-state index contributed by atoms with van der Waals surface area (Å²) in [4.78, 5) is 10.8. The van der Waals surface area contributed by atoms with Crippen molar-refractivity contribution >= 4 is 37.0 Å². The van der Waals surface area contributed by atoms with Gasteiger partial charge < -0.3 is 0 Å². The van der Waals surface area contributed by atoms with Crippen molar-refractivity contribution in [2.75, 3.05) is 7.11 Å². The van der Waals surface area contributed by atoms with E-state index in [2.05, 4.69) is 4.74 Å². The van der Waals surface area contributed by atoms with Crippen LogP contribution in [0, 0.1) is 0 Å². The maximum atomic E-state index is 10.8. The first-order chi connectivity index (χ1) is 6.72. The average molecular weight is 278 g/mol. The molecule has 14 heavy (non-hydrogen) atoms. The Hall–Kier alpha value is -0.501. The number of methoxy groups -OCH3 is 1. The van der Waals surface area contributed by atoms with Crippen LogP contribution < -0.4 is 4.46 Å². The molecule has 0 radical (unpaired) electrons. The number of rotatable bonds is 4. The van der Waals surface area contributed by atoms with Crippen molar-refractivity contribution in [3.63, 3.8) is 0 Å². The molecule has 0 aromatic heterocycles. The second-order valence-corrected chi connectivity index (χ2v) is 5.52. The monoisotopic (exact) mass is 278 g/mol. The van der Waals surface area contributed by atoms with Crippen molar-refractivity contribution in [2.45, 2.75) is 11.7 Å². The third kappa shape index (κ3) is 4.14. The van der Waals surface area contributed by atoms with E-state index in [1.807, 2.05) is 24.3 Å². The number of hydrogen-bond donors (Lipinski definition) is 0. The van der Waals surface area contributed by atoms with E-state index in [4.69, 9.17) is 11.6 Å². The molecule has 76 valence electrons. The third-order valence-corrected chi connectivity index (χ3v) is 4.00. The molecule has 0 aliphatic carbocycles. The van der Waals surface area contributed by atoms with E-state index >= 15 is 0 Å². The average Bonchev–Trinajstić information content (AvgIpc) is 2.21. The minimum absolute atomic E-state index is 0.138. The normalized spacial score (nSPS) is 9.86. The molecule has 0 saturated heterocycles. The fourth-order valence-electron chi connectivity index (χ4n) is 0.885. The summed E-state index contributed by atoms with van der Waals surface area (Å²) < 4.78 is 5.81. The minimum atomic E-state index is -0.138. The van der Waals surface area contributed by atoms with E-state index in [0.29, 0.717) is 21.4 Å². The number of hydrogen-bond acceptors (Lipinski definition) is 2. The first-order valence-corrected chi connectivity index (χ1v) is 6.62. The second-order valence-electron chi connectivity index (χ2n) is 2.63. The molecular formula is C10H11ClO2Se. The molecule has 0 bridgehead atoms. The summed E-state index contributed by atoms with van der Waals surface area (Å²) in [6, 6.07) is 7.74. The zero-order valence-electron chi connectivity index (χ0n) is 7.83. The molecule has 4 heteroatoms. The predicted molar refractivity (Wildman–Crippen MR) is 58.3 cm³/mol. The van der Waals surface area contributed by atoms with Gasteiger partial charge in [0, 0.05) is 0 Å². The molecular weight excluding hydrogens is 267 g/mol. The van der Waals surface area contributed by atoms with Crippen LogP contribution in [0.5, 0.6) is 0 Å². The number of esters is 1. The number of ether oxygens (including phenoxy) is 1. The van der Waals surface area contributed by atoms with Crippen LogP contribution >= 0.6 is 11.6 Å². The molecule has 0 saturated carbocycles. The summed E-state index contributed by atoms with van der Waals surface area (Å²) in [6.07, 6.45) is 0.499. The SMILES string of the molecule is COC(=O)CC[Se]c1ccc(Cl)cc1. The zero-order chi connectivity index (χ0) is 10.4. The van der Waals surface area contributed by atoms with E-state index in [9.17, 15) is 4.79 Å². The molecule has 1 rings (SSSR count). The van der Waals surface area contributed by atoms with Gasteiger partial charge in [0.1, 0.15) is 0 Å². The van der Waals surface area contributed by atoms with Gasteiger partial charge in [-0.15, -0.1) is 0 Å². The molecule has 2 nitrogen and oxygen atoms in total. The van der Waals surface area contributed by atoms with E-state index in [1.54, 1.807) is 0 Å². The van der Waals surface area contributed by atoms with Gasteiger partial charge in [-0.25, -0.2) is 0 Å². The van der Waals surface area contributed by atoms with Crippen molar-refractivity contribution in [1.29, 1.82) is 0 Å². The molecule has 0 unspecified atom stereocenters. The molecule has 0 heterocycles. The molecule has 0 fully saturated rings. The Bertz CT molecular complexity index is 297. The van der Waals surface area contributed by atoms with Gasteiger partial charge in [-0.3, -0.25) is 0 Å². The summed E-state index contributed by atoms with van der Waals surface area (Å²) in [5, 5.41) is 1.62. The second kappa shape index (κ2) is 6.07. The van der Waals surface area contributed by atoms with Gasteiger partial charge in [0.2, 0.25) is 0 Å². The summed E-state index contributed by atoms with van der Waals surface area (Å²) in [7, 11) is 1.41. The van der Waals surface area contributed by atoms with E-state index in [1.165, 1.54) is 11.6 Å². The van der Waals surface area contributed by atoms with Crippen LogP contribution in [0.25, 0.3) is 0 Å². The van der Waals surface area contributed by atoms with E-state index in [0.717, 1.165) is 10.3 Å². The van der Waals surface area contributed by atoms with Crippen LogP contribution in [0.15, 0.2) is 24.3 Å². The molecule has 1 aromatic carbocycles. The zero-order valence-corrected chi connectivity index (χ0v) is 10.3. The van der Waals surface area contributed by atoms with Crippen molar-refractivity contribution < 1.29 is 9.53 Å². The Balaban J connectivity index is 2.31. The van der Waals surface area contributed by atoms with Gasteiger partial charge in [0.15, 0.2) is 0 Å². The van der Waals surface area contributed by atoms with Gasteiger partial charge in [0.25, 0.3) is 0 Å². The number of halogens is 1. The number of carbonyl (C=O) groups is 1. The summed E-state index contributed by atoms with van der Waals surface area (Å²) in [5.41, 5.74) is 0. The Morgan fingerprint density at radius 2 is 2.07 bits per heavy atom. The Morgan fingerprint density at radius 3 is 2.64 bits per heavy atom. The summed E-state index contributed by atoms with van der Waals surface area (Å²) in [6.45, 7) is 0. The molecule has 0 spiro atoms. The summed E-state index contributed by atoms with van der Waals surface area (Å²) >= 11 is 6.08. The van der Waals surface area contributed by atoms with Crippen LogP contribution in [0.1, 0.15) is 6.42 Å². The summed E-state index contributed by atoms with van der Waals surface area (Å²) in [5.74, 6) is -0.138. The Morgan fingerprint density at radius 1 is 1.43 bits per heavy atom. The van der Waals surface area contributed by atoms with E-state index in [-0.39, 0.29) is 5.97 Å². The van der Waals surface area contributed by atoms with Crippen LogP contribution in [0.3, 0.4) is 0 Å². The number of carbonyl (C=O) groups excluding carboxylic acids is 1. The first-order valence-electron chi connectivity index (χ1n) is 4.17. The Labute approximate surface area is 94.8 Å². The third-order valence-electron chi connectivity index (χ3n) is 1.62. The van der Waals surface area contributed by atoms with Crippen LogP contribution in [0.4, 0.5) is 0 Å². The molecule has 0 aliphatic heterocycles. The van der Waals surface area contributed by atoms with Crippen molar-refractivity contribution in [3.8, 4) is 0 Å². The number of benzene rings is 1. The van der Waals surface area contributed by atoms with Crippen LogP contribution in [0.2, 0.25) is 10.3 Å². The van der Waals surface area contributed by atoms with Crippen molar-refractivity contribution in [1.82, 2.24) is 0 Å². The van der Waals surface area contributed by atoms with E-state index < -0.39 is 0 Å². The molecule has 0 amide bonds. The fraction of sp³-hybridized carbons (Fsp3) is 0.300. The molecule has 0 aliphatic rings. The predicted octanol–water partition coefficient (Wildman–Crippen LogP) is 1.65. The molecule has 1 aromatic rings. The Kier molecular flexibility index (Phi) is 5.02. The molecule has 0 atom stereocenters. The quantitative estimate of drug-likeness (QED) is 0.618. The molecule has 0 N–H and O–H groups in total. The first kappa shape index (κ1) is 11.6.